The van der Waals surface area contributed by atoms with E-state index in [1.165, 1.54) is 0 Å². The second-order valence-corrected chi connectivity index (χ2v) is 12.1. The Kier molecular flexibility index (Phi) is 6.93. The summed E-state index contributed by atoms with van der Waals surface area (Å²) in [7, 11) is 3.48. The number of nitrogens with zero attached hydrogens (tertiary/aromatic N) is 3. The fourth-order valence-electron chi connectivity index (χ4n) is 5.96. The van der Waals surface area contributed by atoms with Crippen molar-refractivity contribution in [3.05, 3.63) is 77.3 Å². The van der Waals surface area contributed by atoms with Gasteiger partial charge in [-0.3, -0.25) is 9.78 Å². The van der Waals surface area contributed by atoms with Crippen LogP contribution in [0, 0.1) is 13.5 Å². The van der Waals surface area contributed by atoms with E-state index in [1.54, 1.807) is 25.2 Å². The molecule has 0 unspecified atom stereocenters. The minimum Gasteiger partial charge on any atom is -0.454 e. The van der Waals surface area contributed by atoms with Crippen molar-refractivity contribution in [2.24, 2.45) is 0 Å². The van der Waals surface area contributed by atoms with E-state index in [4.69, 9.17) is 15.7 Å². The molecule has 1 saturated heterocycles. The van der Waals surface area contributed by atoms with Gasteiger partial charge in [0.1, 0.15) is 11.3 Å². The lowest BCUT2D eigenvalue weighted by Crippen LogP contribution is -2.49. The van der Waals surface area contributed by atoms with Gasteiger partial charge in [0.2, 0.25) is 5.69 Å². The second-order valence-electron chi connectivity index (χ2n) is 12.1. The molecule has 1 aliphatic heterocycles. The first kappa shape index (κ1) is 27.4. The third-order valence-electron chi connectivity index (χ3n) is 7.37. The van der Waals surface area contributed by atoms with E-state index >= 15 is 0 Å². The Morgan fingerprint density at radius 2 is 1.75 bits per heavy atom. The molecule has 1 N–H and O–H groups in total. The highest BCUT2D eigenvalue weighted by Crippen LogP contribution is 2.40. The fourth-order valence-corrected chi connectivity index (χ4v) is 5.96. The van der Waals surface area contributed by atoms with E-state index in [0.717, 1.165) is 46.3 Å². The Labute approximate surface area is 236 Å². The number of hydrogen-bond donors (Lipinski definition) is 1. The molecule has 1 fully saturated rings. The lowest BCUT2D eigenvalue weighted by molar-refractivity contribution is -0.158. The number of hydrogen-bond acceptors (Lipinski definition) is 5. The number of fused-ring (bicyclic) bond motifs is 1. The molecule has 0 aliphatic carbocycles. The SMILES string of the molecule is [C-]#[N+]c1cc(-c2ccnc3cc(-c4ccc(C(=O)N(C)C)cc4C)oc23)ccc1NC1CC(C)(C)OC(C)(C)C1. The molecule has 1 amide bonds. The normalized spacial score (nSPS) is 16.4. The summed E-state index contributed by atoms with van der Waals surface area (Å²) in [6, 6.07) is 15.6. The number of furan rings is 1. The van der Waals surface area contributed by atoms with Crippen LogP contribution in [0.5, 0.6) is 0 Å². The van der Waals surface area contributed by atoms with Crippen LogP contribution in [0.2, 0.25) is 0 Å². The highest BCUT2D eigenvalue weighted by atomic mass is 16.5. The lowest BCUT2D eigenvalue weighted by atomic mass is 9.85. The number of benzene rings is 2. The van der Waals surface area contributed by atoms with Crippen LogP contribution in [0.1, 0.15) is 56.5 Å². The van der Waals surface area contributed by atoms with Crippen molar-refractivity contribution >= 4 is 28.4 Å². The number of rotatable bonds is 5. The van der Waals surface area contributed by atoms with Gasteiger partial charge in [0.15, 0.2) is 5.58 Å². The maximum absolute atomic E-state index is 12.4. The number of carbonyl (C=O) groups is 1. The molecule has 5 rings (SSSR count). The maximum Gasteiger partial charge on any atom is 0.253 e. The number of pyridine rings is 1. The van der Waals surface area contributed by atoms with Gasteiger partial charge in [-0.25, -0.2) is 4.85 Å². The molecule has 7 heteroatoms. The van der Waals surface area contributed by atoms with Crippen LogP contribution in [-0.2, 0) is 4.74 Å². The molecule has 0 saturated carbocycles. The second kappa shape index (κ2) is 10.1. The molecule has 0 spiro atoms. The van der Waals surface area contributed by atoms with Gasteiger partial charge in [0.05, 0.1) is 17.8 Å². The van der Waals surface area contributed by atoms with Crippen LogP contribution in [0.3, 0.4) is 0 Å². The first-order chi connectivity index (χ1) is 18.9. The van der Waals surface area contributed by atoms with Crippen molar-refractivity contribution in [2.75, 3.05) is 19.4 Å². The van der Waals surface area contributed by atoms with Crippen LogP contribution in [0.25, 0.3) is 38.4 Å². The molecular weight excluding hydrogens is 500 g/mol. The summed E-state index contributed by atoms with van der Waals surface area (Å²) in [5.41, 5.74) is 6.55. The summed E-state index contributed by atoms with van der Waals surface area (Å²) in [6.45, 7) is 18.3. The molecule has 0 atom stereocenters. The smallest absolute Gasteiger partial charge is 0.253 e. The molecule has 4 aromatic rings. The summed E-state index contributed by atoms with van der Waals surface area (Å²) < 4.78 is 12.6. The molecule has 40 heavy (non-hydrogen) atoms. The number of anilines is 1. The van der Waals surface area contributed by atoms with Gasteiger partial charge >= 0.3 is 0 Å². The Morgan fingerprint density at radius 3 is 2.40 bits per heavy atom. The molecule has 206 valence electrons. The molecule has 2 aromatic heterocycles. The quantitative estimate of drug-likeness (QED) is 0.263. The molecule has 0 radical (unpaired) electrons. The van der Waals surface area contributed by atoms with Crippen molar-refractivity contribution in [3.63, 3.8) is 0 Å². The van der Waals surface area contributed by atoms with Crippen molar-refractivity contribution < 1.29 is 13.9 Å². The van der Waals surface area contributed by atoms with E-state index in [-0.39, 0.29) is 23.2 Å². The van der Waals surface area contributed by atoms with Gasteiger partial charge in [-0.1, -0.05) is 12.1 Å². The van der Waals surface area contributed by atoms with Crippen molar-refractivity contribution in [1.82, 2.24) is 9.88 Å². The van der Waals surface area contributed by atoms with Crippen LogP contribution >= 0.6 is 0 Å². The first-order valence-corrected chi connectivity index (χ1v) is 13.6. The van der Waals surface area contributed by atoms with E-state index < -0.39 is 0 Å². The summed E-state index contributed by atoms with van der Waals surface area (Å²) in [5, 5.41) is 3.62. The van der Waals surface area contributed by atoms with E-state index in [1.807, 2.05) is 55.5 Å². The standard InChI is InChI=1S/C33H36N4O3/c1-20-15-22(31(38)37(7)8)9-11-24(20)29-17-28-30(39-29)25(13-14-35-28)21-10-12-26(27(16-21)34-6)36-23-18-32(2,3)40-33(4,5)19-23/h9-17,23,36H,18-19H2,1-5,7-8H3. The number of amides is 1. The van der Waals surface area contributed by atoms with Crippen LogP contribution in [0.15, 0.2) is 59.1 Å². The molecule has 1 aliphatic rings. The predicted octanol–water partition coefficient (Wildman–Crippen LogP) is 7.87. The summed E-state index contributed by atoms with van der Waals surface area (Å²) in [6.07, 6.45) is 3.48. The first-order valence-electron chi connectivity index (χ1n) is 13.6. The van der Waals surface area contributed by atoms with Gasteiger partial charge in [-0.15, -0.1) is 0 Å². The van der Waals surface area contributed by atoms with E-state index in [0.29, 0.717) is 22.6 Å². The minimum atomic E-state index is -0.238. The third-order valence-corrected chi connectivity index (χ3v) is 7.37. The number of aryl methyl sites for hydroxylation is 1. The highest BCUT2D eigenvalue weighted by Gasteiger charge is 2.39. The van der Waals surface area contributed by atoms with Crippen LogP contribution in [0.4, 0.5) is 11.4 Å². The van der Waals surface area contributed by atoms with Gasteiger partial charge < -0.3 is 19.4 Å². The topological polar surface area (TPSA) is 72.0 Å². The molecular formula is C33H36N4O3. The number of aromatic nitrogens is 1. The minimum absolute atomic E-state index is 0.0407. The van der Waals surface area contributed by atoms with Gasteiger partial charge in [0, 0.05) is 54.8 Å². The molecule has 3 heterocycles. The maximum atomic E-state index is 12.4. The van der Waals surface area contributed by atoms with Gasteiger partial charge in [0.25, 0.3) is 5.91 Å². The molecule has 2 aromatic carbocycles. The van der Waals surface area contributed by atoms with Crippen LogP contribution in [-0.4, -0.2) is 47.1 Å². The Hall–Kier alpha value is -4.15. The third kappa shape index (κ3) is 5.45. The average Bonchev–Trinajstić information content (AvgIpc) is 3.30. The zero-order valence-corrected chi connectivity index (χ0v) is 24.3. The Bertz CT molecular complexity index is 1630. The number of carbonyl (C=O) groups excluding carboxylic acids is 1. The highest BCUT2D eigenvalue weighted by molar-refractivity contribution is 5.96. The summed E-state index contributed by atoms with van der Waals surface area (Å²) >= 11 is 0. The summed E-state index contributed by atoms with van der Waals surface area (Å²) in [4.78, 5) is 22.3. The Morgan fingerprint density at radius 1 is 1.02 bits per heavy atom. The van der Waals surface area contributed by atoms with Crippen molar-refractivity contribution in [1.29, 1.82) is 0 Å². The largest absolute Gasteiger partial charge is 0.454 e. The number of ether oxygens (including phenoxy) is 1. The zero-order valence-electron chi connectivity index (χ0n) is 24.3. The van der Waals surface area contributed by atoms with Gasteiger partial charge in [-0.05, 0) is 88.9 Å². The predicted molar refractivity (Wildman–Crippen MR) is 160 cm³/mol. The number of nitrogens with one attached hydrogen (secondary N) is 1. The average molecular weight is 537 g/mol. The van der Waals surface area contributed by atoms with E-state index in [2.05, 4.69) is 42.8 Å². The zero-order chi connectivity index (χ0) is 28.8. The Balaban J connectivity index is 1.47. The van der Waals surface area contributed by atoms with E-state index in [9.17, 15) is 4.79 Å². The van der Waals surface area contributed by atoms with Crippen LogP contribution < -0.4 is 5.32 Å². The monoisotopic (exact) mass is 536 g/mol. The van der Waals surface area contributed by atoms with Gasteiger partial charge in [-0.2, -0.15) is 0 Å². The fraction of sp³-hybridized carbons (Fsp3) is 0.364. The summed E-state index contributed by atoms with van der Waals surface area (Å²) in [5.74, 6) is 0.644. The van der Waals surface area contributed by atoms with Crippen molar-refractivity contribution in [3.8, 4) is 22.5 Å². The van der Waals surface area contributed by atoms with Crippen molar-refractivity contribution in [2.45, 2.75) is 64.7 Å². The molecule has 0 bridgehead atoms. The molecule has 7 nitrogen and oxygen atoms in total. The lowest BCUT2D eigenvalue weighted by Gasteiger charge is -2.45.